The van der Waals surface area contributed by atoms with Crippen LogP contribution in [-0.2, 0) is 17.7 Å². The molecule has 0 saturated heterocycles. The topological polar surface area (TPSA) is 128 Å². The summed E-state index contributed by atoms with van der Waals surface area (Å²) in [6, 6.07) is 8.57. The molecule has 5 rings (SSSR count). The third-order valence-electron chi connectivity index (χ3n) is 6.27. The van der Waals surface area contributed by atoms with Gasteiger partial charge in [-0.25, -0.2) is 9.78 Å². The Morgan fingerprint density at radius 3 is 2.92 bits per heavy atom. The largest absolute Gasteiger partial charge is 0.458 e. The van der Waals surface area contributed by atoms with Crippen LogP contribution in [0.1, 0.15) is 65.4 Å². The van der Waals surface area contributed by atoms with E-state index < -0.39 is 17.8 Å². The average molecular weight is 517 g/mol. The maximum Gasteiger partial charge on any atom is 0.338 e. The van der Waals surface area contributed by atoms with Crippen LogP contribution in [0.2, 0.25) is 0 Å². The van der Waals surface area contributed by atoms with Crippen molar-refractivity contribution in [3.8, 4) is 0 Å². The Kier molecular flexibility index (Phi) is 6.78. The zero-order valence-corrected chi connectivity index (χ0v) is 20.9. The molecule has 0 fully saturated rings. The van der Waals surface area contributed by atoms with Crippen molar-refractivity contribution in [2.45, 2.75) is 32.4 Å². The summed E-state index contributed by atoms with van der Waals surface area (Å²) in [4.78, 5) is 47.9. The summed E-state index contributed by atoms with van der Waals surface area (Å²) in [6.07, 6.45) is 4.19. The highest BCUT2D eigenvalue weighted by molar-refractivity contribution is 7.09. The number of aromatic nitrogens is 4. The molecular formula is C26H24N6O4S. The molecule has 1 aliphatic rings. The molecule has 0 unspecified atom stereocenters. The molecule has 0 bridgehead atoms. The van der Waals surface area contributed by atoms with Crippen LogP contribution < -0.4 is 10.6 Å². The van der Waals surface area contributed by atoms with E-state index in [2.05, 4.69) is 32.3 Å². The van der Waals surface area contributed by atoms with Crippen LogP contribution in [0.3, 0.4) is 0 Å². The fourth-order valence-electron chi connectivity index (χ4n) is 4.46. The van der Waals surface area contributed by atoms with E-state index in [0.717, 1.165) is 21.6 Å². The SMILES string of the molecule is C=CCOC(=O)c1ccc2c(c1C)CC[C@@H]2NC(=O)c1cc(C(=O)NCc2cccs2)nc2ncnn12. The van der Waals surface area contributed by atoms with Crippen LogP contribution in [0.15, 0.2) is 54.7 Å². The lowest BCUT2D eigenvalue weighted by Gasteiger charge is -2.16. The summed E-state index contributed by atoms with van der Waals surface area (Å²) in [5.41, 5.74) is 3.54. The molecule has 188 valence electrons. The molecule has 1 aromatic carbocycles. The zero-order chi connectivity index (χ0) is 25.9. The predicted octanol–water partition coefficient (Wildman–Crippen LogP) is 3.18. The Balaban J connectivity index is 1.36. The summed E-state index contributed by atoms with van der Waals surface area (Å²) < 4.78 is 6.50. The fraction of sp³-hybridized carbons (Fsp3) is 0.231. The van der Waals surface area contributed by atoms with Crippen molar-refractivity contribution in [2.24, 2.45) is 0 Å². The molecule has 3 heterocycles. The van der Waals surface area contributed by atoms with Crippen LogP contribution >= 0.6 is 11.3 Å². The second kappa shape index (κ2) is 10.3. The number of amides is 2. The minimum absolute atomic E-state index is 0.0764. The number of nitrogens with one attached hydrogen (secondary N) is 2. The highest BCUT2D eigenvalue weighted by Crippen LogP contribution is 2.35. The van der Waals surface area contributed by atoms with Gasteiger partial charge in [0.05, 0.1) is 18.2 Å². The van der Waals surface area contributed by atoms with Crippen molar-refractivity contribution in [3.63, 3.8) is 0 Å². The first-order valence-corrected chi connectivity index (χ1v) is 12.6. The molecule has 10 nitrogen and oxygen atoms in total. The number of rotatable bonds is 8. The van der Waals surface area contributed by atoms with Gasteiger partial charge in [0.2, 0.25) is 0 Å². The summed E-state index contributed by atoms with van der Waals surface area (Å²) in [7, 11) is 0. The maximum atomic E-state index is 13.4. The van der Waals surface area contributed by atoms with E-state index in [-0.39, 0.29) is 29.8 Å². The summed E-state index contributed by atoms with van der Waals surface area (Å²) >= 11 is 1.54. The summed E-state index contributed by atoms with van der Waals surface area (Å²) in [5, 5.41) is 11.9. The van der Waals surface area contributed by atoms with Crippen LogP contribution in [0.25, 0.3) is 5.78 Å². The van der Waals surface area contributed by atoms with Gasteiger partial charge in [-0.2, -0.15) is 14.6 Å². The Morgan fingerprint density at radius 2 is 2.14 bits per heavy atom. The molecule has 0 spiro atoms. The van der Waals surface area contributed by atoms with Crippen LogP contribution in [0.5, 0.6) is 0 Å². The number of hydrogen-bond acceptors (Lipinski definition) is 8. The van der Waals surface area contributed by atoms with E-state index >= 15 is 0 Å². The standard InChI is InChI=1S/C26H24N6O4S/c1-3-10-36-25(35)18-6-7-19-17(15(18)2)8-9-20(19)30-24(34)22-12-21(31-26-28-14-29-32(22)26)23(33)27-13-16-5-4-11-37-16/h3-7,11-12,14,20H,1,8-10,13H2,2H3,(H,27,33)(H,30,34)/t20-/m0/s1. The lowest BCUT2D eigenvalue weighted by Crippen LogP contribution is -2.30. The van der Waals surface area contributed by atoms with Gasteiger partial charge in [0.1, 0.15) is 24.3 Å². The predicted molar refractivity (Wildman–Crippen MR) is 136 cm³/mol. The number of thiophene rings is 1. The van der Waals surface area contributed by atoms with E-state index in [4.69, 9.17) is 4.74 Å². The maximum absolute atomic E-state index is 13.4. The number of hydrogen-bond donors (Lipinski definition) is 2. The number of benzene rings is 1. The quantitative estimate of drug-likeness (QED) is 0.272. The zero-order valence-electron chi connectivity index (χ0n) is 20.1. The van der Waals surface area contributed by atoms with Crippen molar-refractivity contribution >= 4 is 34.9 Å². The van der Waals surface area contributed by atoms with Crippen molar-refractivity contribution in [1.29, 1.82) is 0 Å². The highest BCUT2D eigenvalue weighted by Gasteiger charge is 2.29. The summed E-state index contributed by atoms with van der Waals surface area (Å²) in [6.45, 7) is 5.95. The fourth-order valence-corrected chi connectivity index (χ4v) is 5.10. The van der Waals surface area contributed by atoms with Gasteiger partial charge >= 0.3 is 5.97 Å². The van der Waals surface area contributed by atoms with Crippen molar-refractivity contribution < 1.29 is 19.1 Å². The molecule has 4 aromatic rings. The molecule has 0 radical (unpaired) electrons. The monoisotopic (exact) mass is 516 g/mol. The molecule has 11 heteroatoms. The van der Waals surface area contributed by atoms with Gasteiger partial charge < -0.3 is 15.4 Å². The van der Waals surface area contributed by atoms with E-state index in [9.17, 15) is 14.4 Å². The van der Waals surface area contributed by atoms with Gasteiger partial charge in [-0.05, 0) is 54.0 Å². The van der Waals surface area contributed by atoms with Crippen molar-refractivity contribution in [3.05, 3.63) is 93.2 Å². The molecule has 0 aliphatic heterocycles. The second-order valence-corrected chi connectivity index (χ2v) is 9.55. The highest BCUT2D eigenvalue weighted by atomic mass is 32.1. The number of carbonyl (C=O) groups is 3. The van der Waals surface area contributed by atoms with Crippen LogP contribution in [0, 0.1) is 6.92 Å². The van der Waals surface area contributed by atoms with Gasteiger partial charge in [0, 0.05) is 10.9 Å². The molecule has 1 atom stereocenters. The molecule has 3 aromatic heterocycles. The first-order valence-electron chi connectivity index (χ1n) is 11.7. The molecule has 37 heavy (non-hydrogen) atoms. The third kappa shape index (κ3) is 4.85. The minimum Gasteiger partial charge on any atom is -0.458 e. The normalized spacial score (nSPS) is 14.2. The molecule has 2 amide bonds. The minimum atomic E-state index is -0.411. The Hall–Kier alpha value is -4.38. The first-order chi connectivity index (χ1) is 18.0. The van der Waals surface area contributed by atoms with Crippen LogP contribution in [-0.4, -0.2) is 44.0 Å². The van der Waals surface area contributed by atoms with Gasteiger partial charge in [-0.3, -0.25) is 9.59 Å². The van der Waals surface area contributed by atoms with Gasteiger partial charge in [0.25, 0.3) is 17.6 Å². The second-order valence-electron chi connectivity index (χ2n) is 8.52. The lowest BCUT2D eigenvalue weighted by molar-refractivity contribution is 0.0548. The number of fused-ring (bicyclic) bond motifs is 2. The van der Waals surface area contributed by atoms with Gasteiger partial charge in [-0.1, -0.05) is 24.8 Å². The van der Waals surface area contributed by atoms with Gasteiger partial charge in [0.15, 0.2) is 0 Å². The van der Waals surface area contributed by atoms with Crippen molar-refractivity contribution in [1.82, 2.24) is 30.2 Å². The van der Waals surface area contributed by atoms with Crippen LogP contribution in [0.4, 0.5) is 0 Å². The smallest absolute Gasteiger partial charge is 0.338 e. The third-order valence-corrected chi connectivity index (χ3v) is 7.15. The number of nitrogens with zero attached hydrogens (tertiary/aromatic N) is 4. The van der Waals surface area contributed by atoms with Crippen molar-refractivity contribution in [2.75, 3.05) is 6.61 Å². The Morgan fingerprint density at radius 1 is 1.27 bits per heavy atom. The first kappa shape index (κ1) is 24.3. The number of ether oxygens (including phenoxy) is 1. The van der Waals surface area contributed by atoms with E-state index in [1.807, 2.05) is 30.5 Å². The Bertz CT molecular complexity index is 1510. The molecule has 1 aliphatic carbocycles. The molecule has 2 N–H and O–H groups in total. The lowest BCUT2D eigenvalue weighted by atomic mass is 9.98. The molecular weight excluding hydrogens is 492 g/mol. The van der Waals surface area contributed by atoms with E-state index in [1.165, 1.54) is 34.3 Å². The molecule has 0 saturated carbocycles. The average Bonchev–Trinajstić information content (AvgIpc) is 3.67. The van der Waals surface area contributed by atoms with Gasteiger partial charge in [-0.15, -0.1) is 11.3 Å². The Labute approximate surface area is 216 Å². The summed E-state index contributed by atoms with van der Waals surface area (Å²) in [5.74, 6) is -1.07. The number of carbonyl (C=O) groups excluding carboxylic acids is 3. The number of esters is 1. The van der Waals surface area contributed by atoms with E-state index in [1.54, 1.807) is 6.07 Å². The van der Waals surface area contributed by atoms with E-state index in [0.29, 0.717) is 24.9 Å².